The largest absolute Gasteiger partial charge is 0.324 e. The molecule has 1 aliphatic heterocycles. The van der Waals surface area contributed by atoms with E-state index in [4.69, 9.17) is 0 Å². The molecule has 0 N–H and O–H groups in total. The molecule has 1 heterocycles. The highest BCUT2D eigenvalue weighted by Gasteiger charge is 2.27. The van der Waals surface area contributed by atoms with E-state index in [-0.39, 0.29) is 0 Å². The molecule has 0 aliphatic carbocycles. The summed E-state index contributed by atoms with van der Waals surface area (Å²) in [5.74, 6) is 0. The summed E-state index contributed by atoms with van der Waals surface area (Å²) in [7, 11) is 2.46. The van der Waals surface area contributed by atoms with Gasteiger partial charge in [0.05, 0.1) is 26.7 Å². The maximum absolute atomic E-state index is 2.66. The van der Waals surface area contributed by atoms with Gasteiger partial charge in [-0.2, -0.15) is 0 Å². The van der Waals surface area contributed by atoms with Crippen molar-refractivity contribution >= 4 is 0 Å². The summed E-state index contributed by atoms with van der Waals surface area (Å²) in [5, 5.41) is 0. The summed E-state index contributed by atoms with van der Waals surface area (Å²) in [6, 6.07) is 0. The summed E-state index contributed by atoms with van der Waals surface area (Å²) < 4.78 is 1.33. The molecule has 0 aromatic carbocycles. The maximum atomic E-state index is 2.66. The van der Waals surface area contributed by atoms with E-state index in [0.29, 0.717) is 0 Å². The average molecular weight is 241 g/mol. The number of hydrogen-bond donors (Lipinski definition) is 0. The molecule has 0 unspecified atom stereocenters. The minimum absolute atomic E-state index is 1.32. The smallest absolute Gasteiger partial charge is 0.0914 e. The van der Waals surface area contributed by atoms with Crippen LogP contribution in [0.5, 0.6) is 0 Å². The Labute approximate surface area is 109 Å². The maximum Gasteiger partial charge on any atom is 0.0914 e. The highest BCUT2D eigenvalue weighted by Crippen LogP contribution is 2.13. The minimum Gasteiger partial charge on any atom is -0.324 e. The first-order chi connectivity index (χ1) is 8.20. The first kappa shape index (κ1) is 15.0. The topological polar surface area (TPSA) is 3.24 Å². The Hall–Kier alpha value is -0.0800. The van der Waals surface area contributed by atoms with E-state index < -0.39 is 0 Å². The molecule has 2 heteroatoms. The van der Waals surface area contributed by atoms with Crippen molar-refractivity contribution in [3.8, 4) is 0 Å². The van der Waals surface area contributed by atoms with Crippen molar-refractivity contribution in [2.45, 2.75) is 52.4 Å². The van der Waals surface area contributed by atoms with Crippen LogP contribution in [0.4, 0.5) is 0 Å². The third-order valence-electron chi connectivity index (χ3n) is 4.29. The number of piperazine rings is 1. The normalized spacial score (nSPS) is 20.6. The van der Waals surface area contributed by atoms with Crippen LogP contribution < -0.4 is 0 Å². The Kier molecular flexibility index (Phi) is 7.14. The summed E-state index contributed by atoms with van der Waals surface area (Å²) in [6.07, 6.45) is 8.35. The Morgan fingerprint density at radius 1 is 0.882 bits per heavy atom. The van der Waals surface area contributed by atoms with Crippen LogP contribution >= 0.6 is 0 Å². The van der Waals surface area contributed by atoms with Gasteiger partial charge in [0.1, 0.15) is 0 Å². The number of rotatable bonds is 8. The van der Waals surface area contributed by atoms with Gasteiger partial charge in [-0.25, -0.2) is 0 Å². The standard InChI is InChI=1S/C15H33N2/c1-4-6-8-9-13-17(3)14-11-16(12-15-17)10-7-5-2/h4-15H2,1-3H3/q+1. The fourth-order valence-corrected chi connectivity index (χ4v) is 2.74. The van der Waals surface area contributed by atoms with Crippen LogP contribution in [0, 0.1) is 0 Å². The summed E-state index contributed by atoms with van der Waals surface area (Å²) in [6.45, 7) is 12.7. The van der Waals surface area contributed by atoms with Crippen molar-refractivity contribution in [2.24, 2.45) is 0 Å². The molecule has 2 nitrogen and oxygen atoms in total. The van der Waals surface area contributed by atoms with E-state index in [1.807, 2.05) is 0 Å². The van der Waals surface area contributed by atoms with E-state index in [2.05, 4.69) is 25.8 Å². The van der Waals surface area contributed by atoms with Crippen LogP contribution in [-0.4, -0.2) is 55.7 Å². The molecule has 1 saturated heterocycles. The van der Waals surface area contributed by atoms with Crippen LogP contribution in [0.1, 0.15) is 52.4 Å². The van der Waals surface area contributed by atoms with Gasteiger partial charge in [-0.1, -0.05) is 33.1 Å². The molecule has 0 atom stereocenters. The number of unbranched alkanes of at least 4 members (excludes halogenated alkanes) is 4. The fraction of sp³-hybridized carbons (Fsp3) is 1.00. The second-order valence-corrected chi connectivity index (χ2v) is 6.05. The zero-order valence-corrected chi connectivity index (χ0v) is 12.4. The van der Waals surface area contributed by atoms with Crippen LogP contribution in [0.15, 0.2) is 0 Å². The molecule has 0 saturated carbocycles. The van der Waals surface area contributed by atoms with Gasteiger partial charge >= 0.3 is 0 Å². The van der Waals surface area contributed by atoms with Crippen molar-refractivity contribution in [3.63, 3.8) is 0 Å². The minimum atomic E-state index is 1.32. The highest BCUT2D eigenvalue weighted by atomic mass is 15.4. The Bertz CT molecular complexity index is 183. The monoisotopic (exact) mass is 241 g/mol. The lowest BCUT2D eigenvalue weighted by Crippen LogP contribution is -2.57. The van der Waals surface area contributed by atoms with Crippen molar-refractivity contribution in [1.82, 2.24) is 4.90 Å². The van der Waals surface area contributed by atoms with Gasteiger partial charge in [-0.15, -0.1) is 0 Å². The molecular formula is C15H33N2+. The van der Waals surface area contributed by atoms with Gasteiger partial charge in [0.25, 0.3) is 0 Å². The first-order valence-electron chi connectivity index (χ1n) is 7.76. The molecule has 1 fully saturated rings. The van der Waals surface area contributed by atoms with Gasteiger partial charge in [-0.05, 0) is 25.8 Å². The molecule has 17 heavy (non-hydrogen) atoms. The molecule has 1 rings (SSSR count). The third-order valence-corrected chi connectivity index (χ3v) is 4.29. The van der Waals surface area contributed by atoms with Gasteiger partial charge in [0, 0.05) is 13.1 Å². The summed E-state index contributed by atoms with van der Waals surface area (Å²) >= 11 is 0. The highest BCUT2D eigenvalue weighted by molar-refractivity contribution is 4.63. The SMILES string of the molecule is CCCCCC[N+]1(C)CCN(CCCC)CC1. The van der Waals surface area contributed by atoms with Crippen LogP contribution in [0.2, 0.25) is 0 Å². The molecule has 0 amide bonds. The lowest BCUT2D eigenvalue weighted by molar-refractivity contribution is -0.913. The van der Waals surface area contributed by atoms with Crippen molar-refractivity contribution in [2.75, 3.05) is 46.3 Å². The molecule has 0 aromatic heterocycles. The second-order valence-electron chi connectivity index (χ2n) is 6.05. The average Bonchev–Trinajstić information content (AvgIpc) is 2.34. The lowest BCUT2D eigenvalue weighted by Gasteiger charge is -2.42. The van der Waals surface area contributed by atoms with Crippen molar-refractivity contribution < 1.29 is 4.48 Å². The van der Waals surface area contributed by atoms with Gasteiger partial charge in [0.15, 0.2) is 0 Å². The Morgan fingerprint density at radius 3 is 2.12 bits per heavy atom. The molecule has 0 spiro atoms. The van der Waals surface area contributed by atoms with Crippen LogP contribution in [0.25, 0.3) is 0 Å². The zero-order chi connectivity index (χ0) is 12.6. The summed E-state index contributed by atoms with van der Waals surface area (Å²) in [4.78, 5) is 2.66. The van der Waals surface area contributed by atoms with E-state index >= 15 is 0 Å². The fourth-order valence-electron chi connectivity index (χ4n) is 2.74. The van der Waals surface area contributed by atoms with E-state index in [9.17, 15) is 0 Å². The lowest BCUT2D eigenvalue weighted by atomic mass is 10.1. The van der Waals surface area contributed by atoms with Gasteiger partial charge < -0.3 is 4.48 Å². The van der Waals surface area contributed by atoms with Crippen molar-refractivity contribution in [3.05, 3.63) is 0 Å². The number of likely N-dealkylation sites (N-methyl/N-ethyl adjacent to an activating group) is 1. The quantitative estimate of drug-likeness (QED) is 0.466. The molecular weight excluding hydrogens is 208 g/mol. The van der Waals surface area contributed by atoms with E-state index in [0.717, 1.165) is 0 Å². The van der Waals surface area contributed by atoms with E-state index in [1.54, 1.807) is 0 Å². The van der Waals surface area contributed by atoms with Gasteiger partial charge in [-0.3, -0.25) is 4.90 Å². The molecule has 102 valence electrons. The molecule has 0 radical (unpaired) electrons. The second kappa shape index (κ2) is 8.10. The van der Waals surface area contributed by atoms with E-state index in [1.165, 1.54) is 82.3 Å². The molecule has 0 bridgehead atoms. The van der Waals surface area contributed by atoms with Crippen LogP contribution in [0.3, 0.4) is 0 Å². The number of quaternary nitrogens is 1. The first-order valence-corrected chi connectivity index (χ1v) is 7.76. The predicted molar refractivity (Wildman–Crippen MR) is 76.3 cm³/mol. The third kappa shape index (κ3) is 5.87. The van der Waals surface area contributed by atoms with Crippen molar-refractivity contribution in [1.29, 1.82) is 0 Å². The Balaban J connectivity index is 2.14. The number of nitrogens with zero attached hydrogens (tertiary/aromatic N) is 2. The molecule has 1 aliphatic rings. The van der Waals surface area contributed by atoms with Crippen LogP contribution in [-0.2, 0) is 0 Å². The van der Waals surface area contributed by atoms with Gasteiger partial charge in [0.2, 0.25) is 0 Å². The zero-order valence-electron chi connectivity index (χ0n) is 12.4. The predicted octanol–water partition coefficient (Wildman–Crippen LogP) is 3.13. The Morgan fingerprint density at radius 2 is 1.53 bits per heavy atom. The summed E-state index contributed by atoms with van der Waals surface area (Å²) in [5.41, 5.74) is 0. The number of hydrogen-bond acceptors (Lipinski definition) is 1. The molecule has 0 aromatic rings.